The third-order valence-corrected chi connectivity index (χ3v) is 5.43. The number of aromatic carboxylic acids is 1. The maximum atomic E-state index is 11.9. The molecule has 2 aliphatic rings. The fourth-order valence-corrected chi connectivity index (χ4v) is 4.12. The maximum absolute atomic E-state index is 11.9. The lowest BCUT2D eigenvalue weighted by Gasteiger charge is -2.35. The van der Waals surface area contributed by atoms with Crippen molar-refractivity contribution in [3.05, 3.63) is 29.6 Å². The molecule has 3 N–H and O–H groups in total. The van der Waals surface area contributed by atoms with E-state index in [1.807, 2.05) is 11.8 Å². The van der Waals surface area contributed by atoms with Gasteiger partial charge >= 0.3 is 12.0 Å². The molecule has 27 heavy (non-hydrogen) atoms. The highest BCUT2D eigenvalue weighted by Gasteiger charge is 2.31. The Hall–Kier alpha value is -2.35. The summed E-state index contributed by atoms with van der Waals surface area (Å²) in [7, 11) is 0. The van der Waals surface area contributed by atoms with Gasteiger partial charge in [0.05, 0.1) is 6.54 Å². The summed E-state index contributed by atoms with van der Waals surface area (Å²) in [5.74, 6) is -0.968. The Morgan fingerprint density at radius 3 is 2.67 bits per heavy atom. The van der Waals surface area contributed by atoms with E-state index in [-0.39, 0.29) is 17.8 Å². The average molecular weight is 375 g/mol. The molecule has 0 saturated carbocycles. The second kappa shape index (κ2) is 8.56. The molecule has 3 rings (SSSR count). The molecule has 1 aromatic heterocycles. The van der Waals surface area contributed by atoms with Crippen molar-refractivity contribution in [3.63, 3.8) is 0 Å². The summed E-state index contributed by atoms with van der Waals surface area (Å²) >= 11 is 0. The van der Waals surface area contributed by atoms with Crippen LogP contribution in [0.2, 0.25) is 0 Å². The summed E-state index contributed by atoms with van der Waals surface area (Å²) in [6.07, 6.45) is 6.05. The van der Waals surface area contributed by atoms with Crippen LogP contribution in [0.25, 0.3) is 0 Å². The van der Waals surface area contributed by atoms with E-state index in [0.29, 0.717) is 25.6 Å². The number of urea groups is 1. The van der Waals surface area contributed by atoms with Gasteiger partial charge in [-0.25, -0.2) is 9.59 Å². The molecule has 1 aliphatic heterocycles. The van der Waals surface area contributed by atoms with Gasteiger partial charge in [-0.2, -0.15) is 5.10 Å². The van der Waals surface area contributed by atoms with Gasteiger partial charge in [-0.3, -0.25) is 4.68 Å². The zero-order chi connectivity index (χ0) is 19.4. The van der Waals surface area contributed by atoms with E-state index in [2.05, 4.69) is 22.3 Å². The SMILES string of the molecule is C=CCn1nc(C(=O)O)c2c1CCC(NC1CCN(C(=O)NCC)CC1)C2. The Kier molecular flexibility index (Phi) is 6.15. The summed E-state index contributed by atoms with van der Waals surface area (Å²) in [6.45, 7) is 8.33. The largest absolute Gasteiger partial charge is 0.476 e. The molecule has 0 bridgehead atoms. The number of allylic oxidation sites excluding steroid dienone is 1. The first-order chi connectivity index (χ1) is 13.0. The molecule has 148 valence electrons. The molecule has 0 radical (unpaired) electrons. The van der Waals surface area contributed by atoms with Crippen LogP contribution >= 0.6 is 0 Å². The van der Waals surface area contributed by atoms with Crippen molar-refractivity contribution in [2.75, 3.05) is 19.6 Å². The zero-order valence-corrected chi connectivity index (χ0v) is 15.9. The highest BCUT2D eigenvalue weighted by Crippen LogP contribution is 2.26. The third kappa shape index (κ3) is 4.32. The van der Waals surface area contributed by atoms with E-state index in [1.54, 1.807) is 10.8 Å². The van der Waals surface area contributed by atoms with E-state index in [0.717, 1.165) is 50.0 Å². The molecule has 8 nitrogen and oxygen atoms in total. The topological polar surface area (TPSA) is 99.5 Å². The predicted molar refractivity (Wildman–Crippen MR) is 102 cm³/mol. The van der Waals surface area contributed by atoms with Crippen LogP contribution in [0.4, 0.5) is 4.79 Å². The second-order valence-corrected chi connectivity index (χ2v) is 7.25. The molecule has 1 unspecified atom stereocenters. The van der Waals surface area contributed by atoms with Gasteiger partial charge in [0.1, 0.15) is 0 Å². The molecule has 2 amide bonds. The number of nitrogens with zero attached hydrogens (tertiary/aromatic N) is 3. The molecule has 2 heterocycles. The van der Waals surface area contributed by atoms with Gasteiger partial charge in [0.2, 0.25) is 0 Å². The van der Waals surface area contributed by atoms with Gasteiger partial charge in [-0.1, -0.05) is 6.08 Å². The molecule has 0 spiro atoms. The lowest BCUT2D eigenvalue weighted by Crippen LogP contribution is -2.51. The van der Waals surface area contributed by atoms with Crippen molar-refractivity contribution in [1.29, 1.82) is 0 Å². The zero-order valence-electron chi connectivity index (χ0n) is 15.9. The highest BCUT2D eigenvalue weighted by atomic mass is 16.4. The van der Waals surface area contributed by atoms with Crippen molar-refractivity contribution < 1.29 is 14.7 Å². The molecule has 1 aromatic rings. The van der Waals surface area contributed by atoms with E-state index in [9.17, 15) is 14.7 Å². The van der Waals surface area contributed by atoms with Gasteiger partial charge in [-0.05, 0) is 39.0 Å². The molecule has 1 aliphatic carbocycles. The number of carbonyl (C=O) groups is 2. The number of aromatic nitrogens is 2. The van der Waals surface area contributed by atoms with Crippen LogP contribution in [-0.4, -0.2) is 63.5 Å². The van der Waals surface area contributed by atoms with Crippen molar-refractivity contribution >= 4 is 12.0 Å². The van der Waals surface area contributed by atoms with Gasteiger partial charge in [0.15, 0.2) is 5.69 Å². The van der Waals surface area contributed by atoms with Crippen LogP contribution in [0.3, 0.4) is 0 Å². The summed E-state index contributed by atoms with van der Waals surface area (Å²) in [6, 6.07) is 0.621. The van der Waals surface area contributed by atoms with Gasteiger partial charge in [0.25, 0.3) is 0 Å². The number of piperidine rings is 1. The van der Waals surface area contributed by atoms with E-state index in [1.165, 1.54) is 0 Å². The van der Waals surface area contributed by atoms with E-state index in [4.69, 9.17) is 0 Å². The number of likely N-dealkylation sites (tertiary alicyclic amines) is 1. The number of nitrogens with one attached hydrogen (secondary N) is 2. The maximum Gasteiger partial charge on any atom is 0.356 e. The standard InChI is InChI=1S/C19H29N5O3/c1-3-9-24-16-6-5-14(12-15(16)17(22-24)18(25)26)21-13-7-10-23(11-8-13)19(27)20-4-2/h3,13-14,21H,1,4-12H2,2H3,(H,20,27)(H,25,26). The Bertz CT molecular complexity index is 706. The van der Waals surface area contributed by atoms with E-state index < -0.39 is 5.97 Å². The minimum absolute atomic E-state index is 0.0130. The minimum Gasteiger partial charge on any atom is -0.476 e. The molecule has 1 fully saturated rings. The number of fused-ring (bicyclic) bond motifs is 1. The molecule has 1 atom stereocenters. The van der Waals surface area contributed by atoms with E-state index >= 15 is 0 Å². The van der Waals surface area contributed by atoms with Gasteiger partial charge in [-0.15, -0.1) is 6.58 Å². The van der Waals surface area contributed by atoms with Crippen LogP contribution in [-0.2, 0) is 19.4 Å². The third-order valence-electron chi connectivity index (χ3n) is 5.43. The number of carbonyl (C=O) groups excluding carboxylic acids is 1. The van der Waals surface area contributed by atoms with Crippen LogP contribution in [0.15, 0.2) is 12.7 Å². The Balaban J connectivity index is 1.60. The Morgan fingerprint density at radius 1 is 1.30 bits per heavy atom. The lowest BCUT2D eigenvalue weighted by atomic mass is 9.90. The highest BCUT2D eigenvalue weighted by molar-refractivity contribution is 5.87. The Morgan fingerprint density at radius 2 is 2.04 bits per heavy atom. The van der Waals surface area contributed by atoms with Crippen molar-refractivity contribution in [2.45, 2.75) is 57.7 Å². The quantitative estimate of drug-likeness (QED) is 0.653. The van der Waals surface area contributed by atoms with Crippen molar-refractivity contribution in [2.24, 2.45) is 0 Å². The average Bonchev–Trinajstić information content (AvgIpc) is 3.01. The second-order valence-electron chi connectivity index (χ2n) is 7.25. The fourth-order valence-electron chi connectivity index (χ4n) is 4.12. The van der Waals surface area contributed by atoms with Gasteiger partial charge < -0.3 is 20.6 Å². The first kappa shape index (κ1) is 19.4. The minimum atomic E-state index is -0.968. The predicted octanol–water partition coefficient (Wildman–Crippen LogP) is 1.41. The van der Waals surface area contributed by atoms with Crippen molar-refractivity contribution in [1.82, 2.24) is 25.3 Å². The first-order valence-corrected chi connectivity index (χ1v) is 9.75. The molecule has 0 aromatic carbocycles. The molecule has 8 heteroatoms. The number of carboxylic acid groups (broad SMARTS) is 1. The number of hydrogen-bond donors (Lipinski definition) is 3. The van der Waals surface area contributed by atoms with Crippen LogP contribution in [0.5, 0.6) is 0 Å². The van der Waals surface area contributed by atoms with Gasteiger partial charge in [0, 0.05) is 43.0 Å². The normalized spacial score (nSPS) is 20.2. The number of carboxylic acids is 1. The number of amides is 2. The fraction of sp³-hybridized carbons (Fsp3) is 0.632. The summed E-state index contributed by atoms with van der Waals surface area (Å²) in [5.41, 5.74) is 2.05. The summed E-state index contributed by atoms with van der Waals surface area (Å²) in [5, 5.41) is 20.3. The Labute approximate surface area is 159 Å². The molecule has 1 saturated heterocycles. The first-order valence-electron chi connectivity index (χ1n) is 9.75. The number of hydrogen-bond acceptors (Lipinski definition) is 4. The summed E-state index contributed by atoms with van der Waals surface area (Å²) < 4.78 is 1.77. The lowest BCUT2D eigenvalue weighted by molar-refractivity contribution is 0.0688. The monoisotopic (exact) mass is 375 g/mol. The smallest absolute Gasteiger partial charge is 0.356 e. The number of rotatable bonds is 6. The molecular weight excluding hydrogens is 346 g/mol. The van der Waals surface area contributed by atoms with Crippen LogP contribution < -0.4 is 10.6 Å². The van der Waals surface area contributed by atoms with Crippen molar-refractivity contribution in [3.8, 4) is 0 Å². The summed E-state index contributed by atoms with van der Waals surface area (Å²) in [4.78, 5) is 25.4. The van der Waals surface area contributed by atoms with Crippen LogP contribution in [0, 0.1) is 0 Å². The molecular formula is C19H29N5O3. The van der Waals surface area contributed by atoms with Crippen LogP contribution in [0.1, 0.15) is 47.9 Å².